The maximum atomic E-state index is 11.7. The summed E-state index contributed by atoms with van der Waals surface area (Å²) in [6.45, 7) is 9.93. The van der Waals surface area contributed by atoms with E-state index in [-0.39, 0.29) is 17.7 Å². The fourth-order valence-corrected chi connectivity index (χ4v) is 1.79. The Morgan fingerprint density at radius 2 is 2.06 bits per heavy atom. The first-order valence-electron chi connectivity index (χ1n) is 5.98. The maximum Gasteiger partial charge on any atom is 0.407 e. The molecule has 5 heteroatoms. The van der Waals surface area contributed by atoms with Crippen LogP contribution < -0.4 is 11.1 Å². The van der Waals surface area contributed by atoms with Gasteiger partial charge in [-0.15, -0.1) is 0 Å². The topological polar surface area (TPSA) is 73.6 Å². The highest BCUT2D eigenvalue weighted by Crippen LogP contribution is 2.23. The van der Waals surface area contributed by atoms with Crippen LogP contribution in [0, 0.1) is 0 Å². The summed E-state index contributed by atoms with van der Waals surface area (Å²) >= 11 is 0. The number of nitrogens with two attached hydrogens (primary N) is 1. The average molecular weight is 244 g/mol. The molecule has 0 aromatic rings. The first-order chi connectivity index (χ1) is 7.59. The van der Waals surface area contributed by atoms with Gasteiger partial charge < -0.3 is 20.5 Å². The van der Waals surface area contributed by atoms with E-state index in [1.807, 2.05) is 34.6 Å². The number of hydrogen-bond acceptors (Lipinski definition) is 4. The highest BCUT2D eigenvalue weighted by atomic mass is 16.6. The Balaban J connectivity index is 2.52. The van der Waals surface area contributed by atoms with Crippen molar-refractivity contribution in [2.45, 2.75) is 64.3 Å². The number of nitrogens with one attached hydrogen (secondary N) is 1. The number of carbonyl (C=O) groups excluding carboxylic acids is 1. The van der Waals surface area contributed by atoms with Crippen molar-refractivity contribution in [2.24, 2.45) is 5.73 Å². The SMILES string of the molecule is CC(C)(C)OC(=O)NC1CC(C)(C)OCC1N. The van der Waals surface area contributed by atoms with Gasteiger partial charge in [-0.25, -0.2) is 4.79 Å². The highest BCUT2D eigenvalue weighted by Gasteiger charge is 2.35. The number of alkyl carbamates (subject to hydrolysis) is 1. The minimum absolute atomic E-state index is 0.103. The molecule has 1 rings (SSSR count). The van der Waals surface area contributed by atoms with Crippen molar-refractivity contribution in [3.63, 3.8) is 0 Å². The van der Waals surface area contributed by atoms with Crippen LogP contribution in [-0.4, -0.2) is 36.0 Å². The zero-order valence-electron chi connectivity index (χ0n) is 11.4. The number of ether oxygens (including phenoxy) is 2. The van der Waals surface area contributed by atoms with Gasteiger partial charge in [-0.3, -0.25) is 0 Å². The second kappa shape index (κ2) is 4.82. The Kier molecular flexibility index (Phi) is 4.04. The Hall–Kier alpha value is -0.810. The molecule has 1 aliphatic heterocycles. The van der Waals surface area contributed by atoms with Gasteiger partial charge in [-0.1, -0.05) is 0 Å². The predicted molar refractivity (Wildman–Crippen MR) is 65.8 cm³/mol. The molecular formula is C12H24N2O3. The third-order valence-electron chi connectivity index (χ3n) is 2.60. The fourth-order valence-electron chi connectivity index (χ4n) is 1.79. The second-order valence-corrected chi connectivity index (χ2v) is 6.19. The quantitative estimate of drug-likeness (QED) is 0.731. The molecule has 0 aromatic heterocycles. The van der Waals surface area contributed by atoms with Crippen LogP contribution in [0.4, 0.5) is 4.79 Å². The second-order valence-electron chi connectivity index (χ2n) is 6.19. The first-order valence-corrected chi connectivity index (χ1v) is 5.98. The van der Waals surface area contributed by atoms with Crippen LogP contribution in [0.1, 0.15) is 41.0 Å². The van der Waals surface area contributed by atoms with E-state index in [0.717, 1.165) is 0 Å². The van der Waals surface area contributed by atoms with Gasteiger partial charge in [-0.2, -0.15) is 0 Å². The largest absolute Gasteiger partial charge is 0.444 e. The van der Waals surface area contributed by atoms with Crippen molar-refractivity contribution in [3.8, 4) is 0 Å². The monoisotopic (exact) mass is 244 g/mol. The maximum absolute atomic E-state index is 11.7. The Morgan fingerprint density at radius 1 is 1.47 bits per heavy atom. The van der Waals surface area contributed by atoms with Crippen molar-refractivity contribution in [1.82, 2.24) is 5.32 Å². The highest BCUT2D eigenvalue weighted by molar-refractivity contribution is 5.68. The summed E-state index contributed by atoms with van der Waals surface area (Å²) in [7, 11) is 0. The molecule has 3 N–H and O–H groups in total. The van der Waals surface area contributed by atoms with Crippen molar-refractivity contribution in [1.29, 1.82) is 0 Å². The molecule has 1 fully saturated rings. The molecule has 0 spiro atoms. The summed E-state index contributed by atoms with van der Waals surface area (Å²) in [5.74, 6) is 0. The van der Waals surface area contributed by atoms with E-state index in [1.165, 1.54) is 0 Å². The van der Waals surface area contributed by atoms with Gasteiger partial charge in [-0.05, 0) is 41.0 Å². The molecule has 0 aliphatic carbocycles. The van der Waals surface area contributed by atoms with Crippen LogP contribution >= 0.6 is 0 Å². The lowest BCUT2D eigenvalue weighted by Gasteiger charge is -2.39. The van der Waals surface area contributed by atoms with Gasteiger partial charge in [0.25, 0.3) is 0 Å². The summed E-state index contributed by atoms with van der Waals surface area (Å²) < 4.78 is 10.8. The standard InChI is InChI=1S/C12H24N2O3/c1-11(2,3)17-10(15)14-9-6-12(4,5)16-7-8(9)13/h8-9H,6-7,13H2,1-5H3,(H,14,15). The summed E-state index contributed by atoms with van der Waals surface area (Å²) in [6, 6.07) is -0.288. The van der Waals surface area contributed by atoms with E-state index >= 15 is 0 Å². The summed E-state index contributed by atoms with van der Waals surface area (Å²) in [5.41, 5.74) is 5.17. The van der Waals surface area contributed by atoms with Crippen LogP contribution in [-0.2, 0) is 9.47 Å². The Morgan fingerprint density at radius 3 is 2.59 bits per heavy atom. The van der Waals surface area contributed by atoms with E-state index < -0.39 is 11.7 Å². The minimum atomic E-state index is -0.491. The lowest BCUT2D eigenvalue weighted by molar-refractivity contribution is -0.0721. The third-order valence-corrected chi connectivity index (χ3v) is 2.60. The molecule has 0 bridgehead atoms. The van der Waals surface area contributed by atoms with Gasteiger partial charge in [0, 0.05) is 6.04 Å². The molecule has 1 amide bonds. The molecule has 17 heavy (non-hydrogen) atoms. The van der Waals surface area contributed by atoms with Gasteiger partial charge in [0.1, 0.15) is 5.60 Å². The van der Waals surface area contributed by atoms with Crippen LogP contribution in [0.25, 0.3) is 0 Å². The molecule has 5 nitrogen and oxygen atoms in total. The van der Waals surface area contributed by atoms with E-state index in [1.54, 1.807) is 0 Å². The summed E-state index contributed by atoms with van der Waals surface area (Å²) in [6.07, 6.45) is 0.267. The van der Waals surface area contributed by atoms with E-state index in [2.05, 4.69) is 5.32 Å². The molecule has 2 unspecified atom stereocenters. The van der Waals surface area contributed by atoms with E-state index in [0.29, 0.717) is 13.0 Å². The normalized spacial score (nSPS) is 28.6. The van der Waals surface area contributed by atoms with Crippen molar-refractivity contribution >= 4 is 6.09 Å². The fraction of sp³-hybridized carbons (Fsp3) is 0.917. The lowest BCUT2D eigenvalue weighted by Crippen LogP contribution is -2.58. The average Bonchev–Trinajstić information content (AvgIpc) is 2.07. The molecule has 0 radical (unpaired) electrons. The first kappa shape index (κ1) is 14.3. The van der Waals surface area contributed by atoms with Gasteiger partial charge in [0.2, 0.25) is 0 Å². The third kappa shape index (κ3) is 4.91. The molecule has 0 saturated carbocycles. The number of carbonyl (C=O) groups is 1. The molecular weight excluding hydrogens is 220 g/mol. The number of rotatable bonds is 1. The van der Waals surface area contributed by atoms with E-state index in [9.17, 15) is 4.79 Å². The van der Waals surface area contributed by atoms with Crippen LogP contribution in [0.3, 0.4) is 0 Å². The molecule has 100 valence electrons. The molecule has 1 aliphatic rings. The predicted octanol–water partition coefficient (Wildman–Crippen LogP) is 1.41. The van der Waals surface area contributed by atoms with Crippen LogP contribution in [0.5, 0.6) is 0 Å². The van der Waals surface area contributed by atoms with Gasteiger partial charge >= 0.3 is 6.09 Å². The van der Waals surface area contributed by atoms with Gasteiger partial charge in [0.05, 0.1) is 18.2 Å². The zero-order chi connectivity index (χ0) is 13.3. The Bertz CT molecular complexity index is 284. The minimum Gasteiger partial charge on any atom is -0.444 e. The van der Waals surface area contributed by atoms with Crippen molar-refractivity contribution < 1.29 is 14.3 Å². The number of amides is 1. The van der Waals surface area contributed by atoms with E-state index in [4.69, 9.17) is 15.2 Å². The van der Waals surface area contributed by atoms with Crippen LogP contribution in [0.15, 0.2) is 0 Å². The molecule has 1 heterocycles. The van der Waals surface area contributed by atoms with Crippen LogP contribution in [0.2, 0.25) is 0 Å². The number of hydrogen-bond donors (Lipinski definition) is 2. The molecule has 0 aromatic carbocycles. The lowest BCUT2D eigenvalue weighted by atomic mass is 9.91. The zero-order valence-corrected chi connectivity index (χ0v) is 11.4. The van der Waals surface area contributed by atoms with Crippen molar-refractivity contribution in [2.75, 3.05) is 6.61 Å². The molecule has 1 saturated heterocycles. The molecule has 2 atom stereocenters. The summed E-state index contributed by atoms with van der Waals surface area (Å²) in [4.78, 5) is 11.7. The van der Waals surface area contributed by atoms with Crippen molar-refractivity contribution in [3.05, 3.63) is 0 Å². The Labute approximate surface area is 103 Å². The smallest absolute Gasteiger partial charge is 0.407 e. The van der Waals surface area contributed by atoms with Gasteiger partial charge in [0.15, 0.2) is 0 Å². The summed E-state index contributed by atoms with van der Waals surface area (Å²) in [5, 5.41) is 2.81.